The summed E-state index contributed by atoms with van der Waals surface area (Å²) in [5.74, 6) is 0. The highest BCUT2D eigenvalue weighted by Crippen LogP contribution is 2.24. The quantitative estimate of drug-likeness (QED) is 0.769. The Hall–Kier alpha value is -0.580. The van der Waals surface area contributed by atoms with Crippen molar-refractivity contribution in [3.8, 4) is 0 Å². The first kappa shape index (κ1) is 16.5. The van der Waals surface area contributed by atoms with Crippen LogP contribution in [-0.2, 0) is 6.54 Å². The molecule has 0 radical (unpaired) electrons. The van der Waals surface area contributed by atoms with Crippen molar-refractivity contribution in [2.45, 2.75) is 39.8 Å². The Morgan fingerprint density at radius 3 is 2.63 bits per heavy atom. The van der Waals surface area contributed by atoms with E-state index in [4.69, 9.17) is 5.11 Å². The predicted octanol–water partition coefficient (Wildman–Crippen LogP) is 3.16. The largest absolute Gasteiger partial charge is 0.396 e. The lowest BCUT2D eigenvalue weighted by atomic mass is 10.1. The summed E-state index contributed by atoms with van der Waals surface area (Å²) in [6.45, 7) is 9.40. The number of aliphatic hydroxyl groups excluding tert-OH is 1. The molecular weight excluding hydrogens is 304 g/mol. The summed E-state index contributed by atoms with van der Waals surface area (Å²) in [5.41, 5.74) is 2.48. The van der Waals surface area contributed by atoms with Crippen LogP contribution in [0.3, 0.4) is 0 Å². The summed E-state index contributed by atoms with van der Waals surface area (Å²) < 4.78 is 1.14. The van der Waals surface area contributed by atoms with Crippen LogP contribution in [0.15, 0.2) is 22.7 Å². The fraction of sp³-hybridized carbons (Fsp3) is 0.600. The Bertz CT molecular complexity index is 382. The third-order valence-corrected chi connectivity index (χ3v) is 3.81. The van der Waals surface area contributed by atoms with E-state index in [1.807, 2.05) is 0 Å². The fourth-order valence-electron chi connectivity index (χ4n) is 1.92. The summed E-state index contributed by atoms with van der Waals surface area (Å²) in [7, 11) is 0. The van der Waals surface area contributed by atoms with E-state index in [1.165, 1.54) is 11.3 Å². The summed E-state index contributed by atoms with van der Waals surface area (Å²) >= 11 is 3.65. The van der Waals surface area contributed by atoms with Crippen LogP contribution in [0.5, 0.6) is 0 Å². The van der Waals surface area contributed by atoms with E-state index in [-0.39, 0.29) is 6.61 Å². The summed E-state index contributed by atoms with van der Waals surface area (Å²) in [4.78, 5) is 2.28. The Kier molecular flexibility index (Phi) is 7.42. The van der Waals surface area contributed by atoms with Crippen LogP contribution in [-0.4, -0.2) is 30.8 Å². The average molecular weight is 329 g/mol. The van der Waals surface area contributed by atoms with Crippen molar-refractivity contribution >= 4 is 21.6 Å². The third-order valence-electron chi connectivity index (χ3n) is 3.07. The molecule has 0 aliphatic heterocycles. The van der Waals surface area contributed by atoms with Gasteiger partial charge in [-0.3, -0.25) is 0 Å². The zero-order valence-corrected chi connectivity index (χ0v) is 13.7. The second-order valence-corrected chi connectivity index (χ2v) is 5.82. The van der Waals surface area contributed by atoms with Gasteiger partial charge in [0.1, 0.15) is 0 Å². The second kappa shape index (κ2) is 8.56. The molecule has 0 amide bonds. The Labute approximate surface area is 125 Å². The molecule has 4 heteroatoms. The molecule has 1 aromatic rings. The molecule has 0 bridgehead atoms. The summed E-state index contributed by atoms with van der Waals surface area (Å²) in [5, 5.41) is 12.4. The predicted molar refractivity (Wildman–Crippen MR) is 85.7 cm³/mol. The van der Waals surface area contributed by atoms with Crippen LogP contribution in [0.4, 0.5) is 5.69 Å². The van der Waals surface area contributed by atoms with Crippen molar-refractivity contribution < 1.29 is 5.11 Å². The monoisotopic (exact) mass is 328 g/mol. The number of nitrogens with zero attached hydrogens (tertiary/aromatic N) is 1. The maximum Gasteiger partial charge on any atom is 0.0447 e. The molecule has 0 saturated carbocycles. The molecule has 1 aromatic carbocycles. The SMILES string of the molecule is CCN(CCCO)c1ccc(CNC(C)C)c(Br)c1. The van der Waals surface area contributed by atoms with E-state index >= 15 is 0 Å². The normalized spacial score (nSPS) is 11.1. The molecule has 108 valence electrons. The molecule has 0 heterocycles. The molecule has 0 aliphatic rings. The first-order chi connectivity index (χ1) is 9.08. The van der Waals surface area contributed by atoms with E-state index in [1.54, 1.807) is 0 Å². The van der Waals surface area contributed by atoms with E-state index in [0.717, 1.165) is 30.5 Å². The summed E-state index contributed by atoms with van der Waals surface area (Å²) in [6.07, 6.45) is 0.808. The van der Waals surface area contributed by atoms with Crippen LogP contribution < -0.4 is 10.2 Å². The van der Waals surface area contributed by atoms with Crippen molar-refractivity contribution in [3.05, 3.63) is 28.2 Å². The highest BCUT2D eigenvalue weighted by molar-refractivity contribution is 9.10. The van der Waals surface area contributed by atoms with Crippen molar-refractivity contribution in [3.63, 3.8) is 0 Å². The van der Waals surface area contributed by atoms with E-state index in [9.17, 15) is 0 Å². The maximum atomic E-state index is 8.93. The van der Waals surface area contributed by atoms with Gasteiger partial charge in [-0.15, -0.1) is 0 Å². The molecule has 3 nitrogen and oxygen atoms in total. The first-order valence-corrected chi connectivity index (χ1v) is 7.75. The number of halogens is 1. The van der Waals surface area contributed by atoms with Gasteiger partial charge in [0.05, 0.1) is 0 Å². The highest BCUT2D eigenvalue weighted by Gasteiger charge is 2.07. The molecule has 0 aliphatic carbocycles. The minimum Gasteiger partial charge on any atom is -0.396 e. The molecule has 0 atom stereocenters. The van der Waals surface area contributed by atoms with E-state index in [2.05, 4.69) is 65.1 Å². The van der Waals surface area contributed by atoms with E-state index in [0.29, 0.717) is 6.04 Å². The second-order valence-electron chi connectivity index (χ2n) is 4.97. The van der Waals surface area contributed by atoms with Crippen LogP contribution in [0.1, 0.15) is 32.8 Å². The molecule has 0 saturated heterocycles. The van der Waals surface area contributed by atoms with Crippen LogP contribution in [0.25, 0.3) is 0 Å². The lowest BCUT2D eigenvalue weighted by Crippen LogP contribution is -2.25. The highest BCUT2D eigenvalue weighted by atomic mass is 79.9. The molecule has 0 fully saturated rings. The van der Waals surface area contributed by atoms with Crippen molar-refractivity contribution in [1.82, 2.24) is 5.32 Å². The summed E-state index contributed by atoms with van der Waals surface area (Å²) in [6, 6.07) is 6.97. The van der Waals surface area contributed by atoms with Crippen molar-refractivity contribution in [2.24, 2.45) is 0 Å². The van der Waals surface area contributed by atoms with Gasteiger partial charge in [0.15, 0.2) is 0 Å². The number of aliphatic hydroxyl groups is 1. The van der Waals surface area contributed by atoms with Crippen molar-refractivity contribution in [1.29, 1.82) is 0 Å². The molecule has 0 unspecified atom stereocenters. The molecule has 2 N–H and O–H groups in total. The van der Waals surface area contributed by atoms with Gasteiger partial charge in [-0.1, -0.05) is 35.8 Å². The van der Waals surface area contributed by atoms with Gasteiger partial charge in [0, 0.05) is 42.4 Å². The van der Waals surface area contributed by atoms with Crippen LogP contribution in [0, 0.1) is 0 Å². The fourth-order valence-corrected chi connectivity index (χ4v) is 2.43. The zero-order valence-electron chi connectivity index (χ0n) is 12.1. The number of hydrogen-bond acceptors (Lipinski definition) is 3. The number of anilines is 1. The van der Waals surface area contributed by atoms with Gasteiger partial charge in [-0.25, -0.2) is 0 Å². The third kappa shape index (κ3) is 5.51. The topological polar surface area (TPSA) is 35.5 Å². The van der Waals surface area contributed by atoms with Crippen LogP contribution in [0.2, 0.25) is 0 Å². The van der Waals surface area contributed by atoms with Gasteiger partial charge in [0.2, 0.25) is 0 Å². The molecule has 0 aromatic heterocycles. The van der Waals surface area contributed by atoms with Gasteiger partial charge in [-0.05, 0) is 31.0 Å². The van der Waals surface area contributed by atoms with Gasteiger partial charge < -0.3 is 15.3 Å². The Morgan fingerprint density at radius 2 is 2.11 bits per heavy atom. The molecule has 0 spiro atoms. The lowest BCUT2D eigenvalue weighted by molar-refractivity contribution is 0.289. The molecular formula is C15H25BrN2O. The van der Waals surface area contributed by atoms with Crippen LogP contribution >= 0.6 is 15.9 Å². The standard InChI is InChI=1S/C15H25BrN2O/c1-4-18(8-5-9-19)14-7-6-13(15(16)10-14)11-17-12(2)3/h6-7,10,12,17,19H,4-5,8-9,11H2,1-3H3. The molecule has 1 rings (SSSR count). The minimum atomic E-state index is 0.244. The lowest BCUT2D eigenvalue weighted by Gasteiger charge is -2.23. The van der Waals surface area contributed by atoms with E-state index < -0.39 is 0 Å². The first-order valence-electron chi connectivity index (χ1n) is 6.96. The Balaban J connectivity index is 2.73. The van der Waals surface area contributed by atoms with Gasteiger partial charge >= 0.3 is 0 Å². The number of benzene rings is 1. The van der Waals surface area contributed by atoms with Gasteiger partial charge in [0.25, 0.3) is 0 Å². The molecule has 19 heavy (non-hydrogen) atoms. The smallest absolute Gasteiger partial charge is 0.0447 e. The number of hydrogen-bond donors (Lipinski definition) is 2. The average Bonchev–Trinajstić information content (AvgIpc) is 2.38. The Morgan fingerprint density at radius 1 is 1.37 bits per heavy atom. The number of rotatable bonds is 8. The number of nitrogens with one attached hydrogen (secondary N) is 1. The zero-order chi connectivity index (χ0) is 14.3. The minimum absolute atomic E-state index is 0.244. The van der Waals surface area contributed by atoms with Gasteiger partial charge in [-0.2, -0.15) is 0 Å². The van der Waals surface area contributed by atoms with Crippen molar-refractivity contribution in [2.75, 3.05) is 24.6 Å². The maximum absolute atomic E-state index is 8.93.